The Morgan fingerprint density at radius 2 is 1.72 bits per heavy atom. The van der Waals surface area contributed by atoms with Gasteiger partial charge in [-0.15, -0.1) is 0 Å². The predicted molar refractivity (Wildman–Crippen MR) is 99.3 cm³/mol. The van der Waals surface area contributed by atoms with Gasteiger partial charge in [-0.2, -0.15) is 0 Å². The Balaban J connectivity index is 1.63. The van der Waals surface area contributed by atoms with E-state index in [0.29, 0.717) is 33.7 Å². The summed E-state index contributed by atoms with van der Waals surface area (Å²) in [7, 11) is 0. The molecule has 6 nitrogen and oxygen atoms in total. The van der Waals surface area contributed by atoms with E-state index in [9.17, 15) is 4.79 Å². The van der Waals surface area contributed by atoms with Crippen molar-refractivity contribution in [1.82, 2.24) is 4.98 Å². The number of carbonyl (C=O) groups excluding carboxylic acids is 1. The molecule has 0 aliphatic heterocycles. The van der Waals surface area contributed by atoms with Gasteiger partial charge in [0.15, 0.2) is 0 Å². The Morgan fingerprint density at radius 1 is 0.960 bits per heavy atom. The van der Waals surface area contributed by atoms with E-state index in [0.717, 1.165) is 0 Å². The number of ether oxygens (including phenoxy) is 1. The van der Waals surface area contributed by atoms with Gasteiger partial charge in [0, 0.05) is 22.5 Å². The highest BCUT2D eigenvalue weighted by molar-refractivity contribution is 6.30. The molecule has 2 amide bonds. The molecule has 0 unspecified atom stereocenters. The van der Waals surface area contributed by atoms with E-state index >= 15 is 0 Å². The van der Waals surface area contributed by atoms with Crippen molar-refractivity contribution in [3.63, 3.8) is 0 Å². The van der Waals surface area contributed by atoms with Crippen LogP contribution in [0.1, 0.15) is 0 Å². The fourth-order valence-electron chi connectivity index (χ4n) is 2.05. The van der Waals surface area contributed by atoms with Gasteiger partial charge in [-0.3, -0.25) is 0 Å². The summed E-state index contributed by atoms with van der Waals surface area (Å²) in [5.74, 6) is 1.54. The number of nitrogens with one attached hydrogen (secondary N) is 2. The van der Waals surface area contributed by atoms with Gasteiger partial charge in [0.25, 0.3) is 0 Å². The highest BCUT2D eigenvalue weighted by Gasteiger charge is 2.05. The highest BCUT2D eigenvalue weighted by atomic mass is 35.5. The van der Waals surface area contributed by atoms with Crippen molar-refractivity contribution in [3.8, 4) is 11.5 Å². The van der Waals surface area contributed by atoms with Crippen LogP contribution in [0.3, 0.4) is 0 Å². The van der Waals surface area contributed by atoms with E-state index in [1.165, 1.54) is 6.20 Å². The van der Waals surface area contributed by atoms with E-state index in [1.54, 1.807) is 60.7 Å². The van der Waals surface area contributed by atoms with Crippen LogP contribution >= 0.6 is 11.6 Å². The Bertz CT molecular complexity index is 867. The number of halogens is 1. The first-order valence-electron chi connectivity index (χ1n) is 7.41. The normalized spacial score (nSPS) is 10.1. The minimum absolute atomic E-state index is 0.367. The van der Waals surface area contributed by atoms with Crippen molar-refractivity contribution in [3.05, 3.63) is 71.9 Å². The van der Waals surface area contributed by atoms with Crippen molar-refractivity contribution >= 4 is 34.8 Å². The molecule has 4 N–H and O–H groups in total. The van der Waals surface area contributed by atoms with Gasteiger partial charge >= 0.3 is 6.03 Å². The number of nitrogens with two attached hydrogens (primary N) is 1. The third-order valence-corrected chi connectivity index (χ3v) is 3.44. The van der Waals surface area contributed by atoms with Gasteiger partial charge in [-0.05, 0) is 48.5 Å². The summed E-state index contributed by atoms with van der Waals surface area (Å²) in [6.45, 7) is 0. The van der Waals surface area contributed by atoms with Gasteiger partial charge < -0.3 is 21.1 Å². The first kappa shape index (κ1) is 16.6. The average Bonchev–Trinajstić information content (AvgIpc) is 2.59. The number of amides is 2. The third kappa shape index (κ3) is 4.86. The van der Waals surface area contributed by atoms with E-state index in [-0.39, 0.29) is 6.03 Å². The molecule has 3 aromatic rings. The second-order valence-corrected chi connectivity index (χ2v) is 5.57. The molecule has 0 radical (unpaired) electrons. The average molecular weight is 355 g/mol. The summed E-state index contributed by atoms with van der Waals surface area (Å²) in [5.41, 5.74) is 6.77. The van der Waals surface area contributed by atoms with Crippen molar-refractivity contribution in [2.45, 2.75) is 0 Å². The molecule has 0 saturated carbocycles. The van der Waals surface area contributed by atoms with Gasteiger partial charge in [0.1, 0.15) is 17.3 Å². The lowest BCUT2D eigenvalue weighted by atomic mass is 10.3. The summed E-state index contributed by atoms with van der Waals surface area (Å²) in [6, 6.07) is 16.9. The third-order valence-electron chi connectivity index (χ3n) is 3.19. The van der Waals surface area contributed by atoms with Crippen LogP contribution < -0.4 is 21.1 Å². The van der Waals surface area contributed by atoms with Crippen molar-refractivity contribution in [1.29, 1.82) is 0 Å². The van der Waals surface area contributed by atoms with Crippen LogP contribution in [0.15, 0.2) is 66.9 Å². The van der Waals surface area contributed by atoms with E-state index in [4.69, 9.17) is 22.1 Å². The number of anilines is 3. The van der Waals surface area contributed by atoms with E-state index < -0.39 is 0 Å². The molecule has 0 saturated heterocycles. The maximum Gasteiger partial charge on any atom is 0.323 e. The molecule has 1 aromatic heterocycles. The van der Waals surface area contributed by atoms with Crippen LogP contribution in [0, 0.1) is 0 Å². The first-order chi connectivity index (χ1) is 12.1. The van der Waals surface area contributed by atoms with Crippen LogP contribution in [-0.4, -0.2) is 11.0 Å². The zero-order chi connectivity index (χ0) is 17.6. The summed E-state index contributed by atoms with van der Waals surface area (Å²) in [4.78, 5) is 16.0. The molecular weight excluding hydrogens is 340 g/mol. The summed E-state index contributed by atoms with van der Waals surface area (Å²) in [5, 5.41) is 6.07. The number of hydrogen-bond donors (Lipinski definition) is 3. The van der Waals surface area contributed by atoms with Crippen molar-refractivity contribution in [2.24, 2.45) is 0 Å². The fourth-order valence-corrected chi connectivity index (χ4v) is 2.18. The molecular formula is C18H15ClN4O2. The minimum Gasteiger partial charge on any atom is -0.456 e. The van der Waals surface area contributed by atoms with Crippen molar-refractivity contribution < 1.29 is 9.53 Å². The molecule has 2 aromatic carbocycles. The maximum atomic E-state index is 12.1. The molecule has 3 rings (SSSR count). The molecule has 7 heteroatoms. The fraction of sp³-hybridized carbons (Fsp3) is 0. The summed E-state index contributed by atoms with van der Waals surface area (Å²) < 4.78 is 5.68. The van der Waals surface area contributed by atoms with Crippen molar-refractivity contribution in [2.75, 3.05) is 16.4 Å². The number of pyridine rings is 1. The lowest BCUT2D eigenvalue weighted by molar-refractivity contribution is 0.262. The Morgan fingerprint density at radius 3 is 2.44 bits per heavy atom. The second-order valence-electron chi connectivity index (χ2n) is 5.13. The number of rotatable bonds is 4. The highest BCUT2D eigenvalue weighted by Crippen LogP contribution is 2.24. The minimum atomic E-state index is -0.367. The molecule has 126 valence electrons. The zero-order valence-electron chi connectivity index (χ0n) is 13.1. The molecule has 0 atom stereocenters. The molecule has 25 heavy (non-hydrogen) atoms. The topological polar surface area (TPSA) is 89.3 Å². The standard InChI is InChI=1S/C18H15ClN4O2/c19-12-4-6-13(7-5-12)22-18(24)23-14-2-1-3-15(10-14)25-16-8-9-17(20)21-11-16/h1-11H,(H2,20,21)(H2,22,23,24). The molecule has 0 fully saturated rings. The van der Waals surface area contributed by atoms with Crippen LogP contribution in [0.25, 0.3) is 0 Å². The van der Waals surface area contributed by atoms with Gasteiger partial charge in [0.05, 0.1) is 6.20 Å². The Kier molecular flexibility index (Phi) is 5.01. The zero-order valence-corrected chi connectivity index (χ0v) is 13.8. The van der Waals surface area contributed by atoms with E-state index in [2.05, 4.69) is 15.6 Å². The number of benzene rings is 2. The van der Waals surface area contributed by atoms with Crippen LogP contribution in [0.4, 0.5) is 22.0 Å². The molecule has 1 heterocycles. The number of hydrogen-bond acceptors (Lipinski definition) is 4. The predicted octanol–water partition coefficient (Wildman–Crippen LogP) is 4.75. The molecule has 0 aliphatic rings. The number of urea groups is 1. The molecule has 0 bridgehead atoms. The van der Waals surface area contributed by atoms with E-state index in [1.807, 2.05) is 0 Å². The number of nitrogen functional groups attached to an aromatic ring is 1. The SMILES string of the molecule is Nc1ccc(Oc2cccc(NC(=O)Nc3ccc(Cl)cc3)c2)cn1. The van der Waals surface area contributed by atoms with Crippen LogP contribution in [-0.2, 0) is 0 Å². The maximum absolute atomic E-state index is 12.1. The summed E-state index contributed by atoms with van der Waals surface area (Å²) >= 11 is 5.82. The quantitative estimate of drug-likeness (QED) is 0.630. The largest absolute Gasteiger partial charge is 0.456 e. The Labute approximate surface area is 149 Å². The first-order valence-corrected chi connectivity index (χ1v) is 7.79. The Hall–Kier alpha value is -3.25. The monoisotopic (exact) mass is 354 g/mol. The molecule has 0 spiro atoms. The lowest BCUT2D eigenvalue weighted by Crippen LogP contribution is -2.19. The van der Waals surface area contributed by atoms with Gasteiger partial charge in [-0.25, -0.2) is 9.78 Å². The summed E-state index contributed by atoms with van der Waals surface area (Å²) in [6.07, 6.45) is 1.53. The smallest absolute Gasteiger partial charge is 0.323 e. The second kappa shape index (κ2) is 7.55. The van der Waals surface area contributed by atoms with Gasteiger partial charge in [0.2, 0.25) is 0 Å². The number of carbonyl (C=O) groups is 1. The molecule has 0 aliphatic carbocycles. The van der Waals surface area contributed by atoms with Crippen LogP contribution in [0.5, 0.6) is 11.5 Å². The number of aromatic nitrogens is 1. The van der Waals surface area contributed by atoms with Gasteiger partial charge in [-0.1, -0.05) is 17.7 Å². The lowest BCUT2D eigenvalue weighted by Gasteiger charge is -2.10. The number of nitrogens with zero attached hydrogens (tertiary/aromatic N) is 1. The van der Waals surface area contributed by atoms with Crippen LogP contribution in [0.2, 0.25) is 5.02 Å².